The maximum Gasteiger partial charge on any atom is 0.0198 e. The van der Waals surface area contributed by atoms with E-state index in [1.165, 1.54) is 37.9 Å². The van der Waals surface area contributed by atoms with Crippen LogP contribution in [0.3, 0.4) is 0 Å². The van der Waals surface area contributed by atoms with E-state index in [-0.39, 0.29) is 0 Å². The van der Waals surface area contributed by atoms with Crippen molar-refractivity contribution in [1.82, 2.24) is 5.32 Å². The second-order valence-electron chi connectivity index (χ2n) is 4.91. The van der Waals surface area contributed by atoms with Gasteiger partial charge in [0.05, 0.1) is 0 Å². The molecule has 15 heavy (non-hydrogen) atoms. The molecule has 1 N–H and O–H groups in total. The summed E-state index contributed by atoms with van der Waals surface area (Å²) in [6.07, 6.45) is 9.36. The van der Waals surface area contributed by atoms with E-state index in [1.54, 1.807) is 0 Å². The zero-order valence-electron chi connectivity index (χ0n) is 9.87. The molecule has 3 heteroatoms. The van der Waals surface area contributed by atoms with Gasteiger partial charge in [-0.05, 0) is 25.5 Å². The van der Waals surface area contributed by atoms with E-state index >= 15 is 0 Å². The highest BCUT2D eigenvalue weighted by atomic mass is 32.2. The maximum atomic E-state index is 3.91. The van der Waals surface area contributed by atoms with Crippen LogP contribution >= 0.6 is 23.5 Å². The molecule has 1 saturated heterocycles. The van der Waals surface area contributed by atoms with Gasteiger partial charge < -0.3 is 5.32 Å². The van der Waals surface area contributed by atoms with Gasteiger partial charge in [-0.2, -0.15) is 23.5 Å². The van der Waals surface area contributed by atoms with Crippen LogP contribution in [0.15, 0.2) is 0 Å². The van der Waals surface area contributed by atoms with Gasteiger partial charge in [-0.15, -0.1) is 0 Å². The van der Waals surface area contributed by atoms with Gasteiger partial charge in [0.25, 0.3) is 0 Å². The lowest BCUT2D eigenvalue weighted by atomic mass is 9.94. The Morgan fingerprint density at radius 1 is 1.27 bits per heavy atom. The highest BCUT2D eigenvalue weighted by Crippen LogP contribution is 2.31. The minimum atomic E-state index is 0.794. The van der Waals surface area contributed by atoms with E-state index in [0.29, 0.717) is 0 Å². The van der Waals surface area contributed by atoms with Crippen molar-refractivity contribution in [3.05, 3.63) is 0 Å². The van der Waals surface area contributed by atoms with Crippen LogP contribution in [-0.4, -0.2) is 34.6 Å². The Kier molecular flexibility index (Phi) is 4.71. The first-order valence-corrected chi connectivity index (χ1v) is 8.53. The van der Waals surface area contributed by atoms with Crippen molar-refractivity contribution in [2.45, 2.75) is 61.6 Å². The summed E-state index contributed by atoms with van der Waals surface area (Å²) >= 11 is 4.20. The highest BCUT2D eigenvalue weighted by molar-refractivity contribution is 8.00. The Morgan fingerprint density at radius 3 is 2.73 bits per heavy atom. The summed E-state index contributed by atoms with van der Waals surface area (Å²) in [6, 6.07) is 1.59. The van der Waals surface area contributed by atoms with Crippen LogP contribution in [0.1, 0.15) is 39.0 Å². The Morgan fingerprint density at radius 2 is 2.07 bits per heavy atom. The average molecular weight is 245 g/mol. The normalized spacial score (nSPS) is 42.0. The molecule has 2 aliphatic rings. The third kappa shape index (κ3) is 3.31. The maximum absolute atomic E-state index is 3.91. The van der Waals surface area contributed by atoms with E-state index in [0.717, 1.165) is 22.6 Å². The molecule has 4 atom stereocenters. The van der Waals surface area contributed by atoms with Crippen LogP contribution in [0.5, 0.6) is 0 Å². The molecule has 1 aliphatic heterocycles. The smallest absolute Gasteiger partial charge is 0.0198 e. The largest absolute Gasteiger partial charge is 0.309 e. The summed E-state index contributed by atoms with van der Waals surface area (Å²) < 4.78 is 0. The van der Waals surface area contributed by atoms with Gasteiger partial charge in [-0.1, -0.05) is 19.8 Å². The van der Waals surface area contributed by atoms with E-state index in [9.17, 15) is 0 Å². The molecule has 1 aliphatic carbocycles. The molecule has 0 aromatic rings. The van der Waals surface area contributed by atoms with Gasteiger partial charge in [0, 0.05) is 28.3 Å². The van der Waals surface area contributed by atoms with E-state index < -0.39 is 0 Å². The molecule has 88 valence electrons. The molecule has 2 fully saturated rings. The molecular formula is C12H23NS2. The second-order valence-corrected chi connectivity index (χ2v) is 7.46. The molecule has 4 unspecified atom stereocenters. The summed E-state index contributed by atoms with van der Waals surface area (Å²) in [5, 5.41) is 5.66. The number of thioether (sulfide) groups is 2. The van der Waals surface area contributed by atoms with Crippen molar-refractivity contribution in [2.24, 2.45) is 0 Å². The monoisotopic (exact) mass is 245 g/mol. The van der Waals surface area contributed by atoms with Crippen molar-refractivity contribution in [3.63, 3.8) is 0 Å². The minimum Gasteiger partial charge on any atom is -0.309 e. The highest BCUT2D eigenvalue weighted by Gasteiger charge is 2.29. The van der Waals surface area contributed by atoms with Gasteiger partial charge >= 0.3 is 0 Å². The van der Waals surface area contributed by atoms with Crippen molar-refractivity contribution in [1.29, 1.82) is 0 Å². The van der Waals surface area contributed by atoms with Crippen LogP contribution in [0, 0.1) is 0 Å². The molecule has 0 bridgehead atoms. The molecule has 0 spiro atoms. The first-order chi connectivity index (χ1) is 7.29. The van der Waals surface area contributed by atoms with E-state index in [4.69, 9.17) is 0 Å². The molecule has 1 saturated carbocycles. The fraction of sp³-hybridized carbons (Fsp3) is 1.00. The number of nitrogens with one attached hydrogen (secondary N) is 1. The number of rotatable bonds is 3. The zero-order chi connectivity index (χ0) is 10.7. The lowest BCUT2D eigenvalue weighted by Crippen LogP contribution is -2.46. The molecule has 0 radical (unpaired) electrons. The van der Waals surface area contributed by atoms with Gasteiger partial charge in [-0.3, -0.25) is 0 Å². The molecular weight excluding hydrogens is 222 g/mol. The van der Waals surface area contributed by atoms with Crippen LogP contribution in [0.25, 0.3) is 0 Å². The molecule has 1 heterocycles. The molecule has 0 aromatic carbocycles. The topological polar surface area (TPSA) is 12.0 Å². The summed E-state index contributed by atoms with van der Waals surface area (Å²) in [6.45, 7) is 2.36. The third-order valence-corrected chi connectivity index (χ3v) is 6.18. The van der Waals surface area contributed by atoms with Gasteiger partial charge in [-0.25, -0.2) is 0 Å². The Bertz CT molecular complexity index is 198. The average Bonchev–Trinajstić information content (AvgIpc) is 2.65. The second kappa shape index (κ2) is 5.83. The molecule has 0 aromatic heterocycles. The van der Waals surface area contributed by atoms with E-state index in [1.807, 2.05) is 0 Å². The first kappa shape index (κ1) is 12.1. The van der Waals surface area contributed by atoms with Gasteiger partial charge in [0.15, 0.2) is 0 Å². The molecule has 2 rings (SSSR count). The van der Waals surface area contributed by atoms with Crippen LogP contribution in [-0.2, 0) is 0 Å². The number of hydrogen-bond acceptors (Lipinski definition) is 3. The molecule has 0 amide bonds. The van der Waals surface area contributed by atoms with Gasteiger partial charge in [0.1, 0.15) is 0 Å². The minimum absolute atomic E-state index is 0.794. The zero-order valence-corrected chi connectivity index (χ0v) is 11.5. The Labute approximate surface area is 103 Å². The van der Waals surface area contributed by atoms with Gasteiger partial charge in [0.2, 0.25) is 0 Å². The summed E-state index contributed by atoms with van der Waals surface area (Å²) in [7, 11) is 0. The Balaban J connectivity index is 1.81. The predicted octanol–water partition coefficient (Wildman–Crippen LogP) is 3.14. The Hall–Kier alpha value is 0.660. The van der Waals surface area contributed by atoms with Crippen molar-refractivity contribution in [2.75, 3.05) is 12.0 Å². The van der Waals surface area contributed by atoms with E-state index in [2.05, 4.69) is 42.0 Å². The fourth-order valence-electron chi connectivity index (χ4n) is 2.81. The summed E-state index contributed by atoms with van der Waals surface area (Å²) in [5.41, 5.74) is 0. The molecule has 1 nitrogen and oxygen atoms in total. The SMILES string of the molecule is CSC1CCCCC1NC1CSC(C)C1. The quantitative estimate of drug-likeness (QED) is 0.820. The third-order valence-electron chi connectivity index (χ3n) is 3.65. The lowest BCUT2D eigenvalue weighted by molar-refractivity contribution is 0.352. The van der Waals surface area contributed by atoms with Crippen LogP contribution in [0.4, 0.5) is 0 Å². The van der Waals surface area contributed by atoms with Crippen molar-refractivity contribution >= 4 is 23.5 Å². The fourth-order valence-corrected chi connectivity index (χ4v) is 4.91. The predicted molar refractivity (Wildman–Crippen MR) is 73.0 cm³/mol. The van der Waals surface area contributed by atoms with Crippen molar-refractivity contribution in [3.8, 4) is 0 Å². The standard InChI is InChI=1S/C12H23NS2/c1-9-7-10(8-15-9)13-11-5-3-4-6-12(11)14-2/h9-13H,3-8H2,1-2H3. The summed E-state index contributed by atoms with van der Waals surface area (Å²) in [5.74, 6) is 1.33. The lowest BCUT2D eigenvalue weighted by Gasteiger charge is -2.33. The van der Waals surface area contributed by atoms with Crippen molar-refractivity contribution < 1.29 is 0 Å². The van der Waals surface area contributed by atoms with Crippen LogP contribution < -0.4 is 5.32 Å². The van der Waals surface area contributed by atoms with Crippen LogP contribution in [0.2, 0.25) is 0 Å². The number of hydrogen-bond donors (Lipinski definition) is 1. The first-order valence-electron chi connectivity index (χ1n) is 6.20. The summed E-state index contributed by atoms with van der Waals surface area (Å²) in [4.78, 5) is 0.